The van der Waals surface area contributed by atoms with E-state index in [1.54, 1.807) is 0 Å². The molecular weight excluding hydrogens is 869 g/mol. The molecule has 71 heavy (non-hydrogen) atoms. The first-order valence-electron chi connectivity index (χ1n) is 24.7. The van der Waals surface area contributed by atoms with Gasteiger partial charge in [0.15, 0.2) is 11.2 Å². The highest BCUT2D eigenvalue weighted by Gasteiger charge is 2.27. The molecule has 0 aliphatic heterocycles. The second kappa shape index (κ2) is 15.6. The van der Waals surface area contributed by atoms with E-state index in [4.69, 9.17) is 13.3 Å². The first-order valence-corrected chi connectivity index (χ1v) is 24.7. The summed E-state index contributed by atoms with van der Waals surface area (Å²) in [7, 11) is 0. The predicted octanol–water partition coefficient (Wildman–Crippen LogP) is 19.8. The zero-order valence-corrected chi connectivity index (χ0v) is 41.4. The smallest absolute Gasteiger partial charge is 0.159 e. The fourth-order valence-corrected chi connectivity index (χ4v) is 11.2. The van der Waals surface area contributed by atoms with Gasteiger partial charge in [-0.15, -0.1) is 0 Å². The summed E-state index contributed by atoms with van der Waals surface area (Å²) in [6.45, 7) is 17.8. The number of fused-ring (bicyclic) bond motifs is 13. The summed E-state index contributed by atoms with van der Waals surface area (Å²) >= 11 is 0. The van der Waals surface area contributed by atoms with E-state index in [9.17, 15) is 0 Å². The van der Waals surface area contributed by atoms with Crippen LogP contribution in [0, 0.1) is 13.8 Å². The number of anilines is 6. The molecule has 0 N–H and O–H groups in total. The quantitative estimate of drug-likeness (QED) is 0.166. The van der Waals surface area contributed by atoms with Crippen LogP contribution in [0.3, 0.4) is 0 Å². The van der Waals surface area contributed by atoms with Crippen molar-refractivity contribution in [3.8, 4) is 0 Å². The van der Waals surface area contributed by atoms with Crippen molar-refractivity contribution < 1.29 is 13.3 Å². The van der Waals surface area contributed by atoms with Gasteiger partial charge in [-0.2, -0.15) is 0 Å². The van der Waals surface area contributed by atoms with E-state index in [0.29, 0.717) is 0 Å². The molecule has 0 radical (unpaired) electrons. The molecule has 0 amide bonds. The first-order chi connectivity index (χ1) is 34.3. The molecule has 5 nitrogen and oxygen atoms in total. The van der Waals surface area contributed by atoms with Crippen LogP contribution in [-0.2, 0) is 10.8 Å². The summed E-state index contributed by atoms with van der Waals surface area (Å²) in [5, 5.41) is 11.2. The molecule has 3 aromatic heterocycles. The van der Waals surface area contributed by atoms with Gasteiger partial charge in [0.2, 0.25) is 0 Å². The standard InChI is InChI=1S/C66H54N2O3/c1-39-15-9-17-43(35-39)67(55-25-13-21-51-49-19-11-23-53(65(3,4)5)61(49)70-63(51)55)45-29-31-47-41(37-45)27-33-57-59(47)60-48-32-30-46(38-42(48)28-34-58(60)69-57)68(44-18-10-16-40(2)36-44)56-26-14-22-52-50-20-12-24-54(66(6,7)8)62(50)71-64(52)56/h9-38H,1-8H3. The van der Waals surface area contributed by atoms with Gasteiger partial charge in [-0.3, -0.25) is 0 Å². The van der Waals surface area contributed by atoms with Crippen LogP contribution < -0.4 is 9.80 Å². The predicted molar refractivity (Wildman–Crippen MR) is 300 cm³/mol. The number of aryl methyl sites for hydroxylation is 2. The molecule has 0 saturated carbocycles. The molecule has 13 aromatic rings. The van der Waals surface area contributed by atoms with Crippen LogP contribution in [0.25, 0.3) is 87.4 Å². The van der Waals surface area contributed by atoms with Crippen molar-refractivity contribution in [2.75, 3.05) is 9.80 Å². The van der Waals surface area contributed by atoms with Gasteiger partial charge in [0.25, 0.3) is 0 Å². The van der Waals surface area contributed by atoms with Crippen molar-refractivity contribution in [3.05, 3.63) is 204 Å². The molecule has 13 rings (SSSR count). The lowest BCUT2D eigenvalue weighted by Crippen LogP contribution is -2.11. The Balaban J connectivity index is 0.980. The largest absolute Gasteiger partial charge is 0.456 e. The lowest BCUT2D eigenvalue weighted by molar-refractivity contribution is 0.572. The second-order valence-corrected chi connectivity index (χ2v) is 21.5. The maximum absolute atomic E-state index is 6.98. The Bertz CT molecular complexity index is 4030. The maximum Gasteiger partial charge on any atom is 0.159 e. The Morgan fingerprint density at radius 1 is 0.324 bits per heavy atom. The highest BCUT2D eigenvalue weighted by Crippen LogP contribution is 2.48. The van der Waals surface area contributed by atoms with Crippen molar-refractivity contribution in [2.24, 2.45) is 0 Å². The number of hydrogen-bond donors (Lipinski definition) is 0. The molecule has 10 aromatic carbocycles. The lowest BCUT2D eigenvalue weighted by Gasteiger charge is -2.26. The van der Waals surface area contributed by atoms with Crippen LogP contribution in [0.1, 0.15) is 63.8 Å². The van der Waals surface area contributed by atoms with E-state index in [1.165, 1.54) is 22.3 Å². The minimum absolute atomic E-state index is 0.0809. The monoisotopic (exact) mass is 922 g/mol. The van der Waals surface area contributed by atoms with Gasteiger partial charge in [0.1, 0.15) is 22.3 Å². The van der Waals surface area contributed by atoms with Gasteiger partial charge in [-0.25, -0.2) is 0 Å². The van der Waals surface area contributed by atoms with Crippen LogP contribution in [0.4, 0.5) is 34.1 Å². The summed E-state index contributed by atoms with van der Waals surface area (Å²) in [5.41, 5.74) is 16.2. The average molecular weight is 923 g/mol. The molecular formula is C66H54N2O3. The van der Waals surface area contributed by atoms with E-state index >= 15 is 0 Å². The Labute approximate surface area is 413 Å². The SMILES string of the molecule is Cc1cccc(N(c2ccc3c(ccc4oc5ccc6cc(N(c7cccc(C)c7)c7cccc8c7oc7c(C(C)(C)C)cccc78)ccc6c5c43)c2)c2cccc3c2oc2c(C(C)(C)C)cccc23)c1. The second-order valence-electron chi connectivity index (χ2n) is 21.5. The molecule has 0 spiro atoms. The van der Waals surface area contributed by atoms with Crippen molar-refractivity contribution in [3.63, 3.8) is 0 Å². The van der Waals surface area contributed by atoms with Gasteiger partial charge in [-0.05, 0) is 130 Å². The van der Waals surface area contributed by atoms with E-state index in [2.05, 4.69) is 247 Å². The number of nitrogens with zero attached hydrogens (tertiary/aromatic N) is 2. The molecule has 346 valence electrons. The van der Waals surface area contributed by atoms with Crippen molar-refractivity contribution in [1.82, 2.24) is 0 Å². The number of benzene rings is 10. The van der Waals surface area contributed by atoms with Gasteiger partial charge in [0.05, 0.1) is 11.4 Å². The topological polar surface area (TPSA) is 45.9 Å². The Hall–Kier alpha value is -8.28. The molecule has 0 aliphatic rings. The van der Waals surface area contributed by atoms with Crippen LogP contribution in [0.5, 0.6) is 0 Å². The summed E-state index contributed by atoms with van der Waals surface area (Å²) < 4.78 is 20.7. The van der Waals surface area contributed by atoms with Crippen LogP contribution in [0.2, 0.25) is 0 Å². The summed E-state index contributed by atoms with van der Waals surface area (Å²) in [4.78, 5) is 4.69. The third-order valence-corrected chi connectivity index (χ3v) is 14.5. The minimum atomic E-state index is -0.0809. The highest BCUT2D eigenvalue weighted by atomic mass is 16.3. The minimum Gasteiger partial charge on any atom is -0.456 e. The van der Waals surface area contributed by atoms with E-state index < -0.39 is 0 Å². The summed E-state index contributed by atoms with van der Waals surface area (Å²) in [5.74, 6) is 0. The maximum atomic E-state index is 6.98. The molecule has 0 bridgehead atoms. The Kier molecular flexibility index (Phi) is 9.41. The van der Waals surface area contributed by atoms with Crippen molar-refractivity contribution in [2.45, 2.75) is 66.2 Å². The number of para-hydroxylation sites is 4. The van der Waals surface area contributed by atoms with Gasteiger partial charge >= 0.3 is 0 Å². The molecule has 0 aliphatic carbocycles. The molecule has 0 fully saturated rings. The Morgan fingerprint density at radius 2 is 0.704 bits per heavy atom. The normalized spacial score (nSPS) is 12.5. The third kappa shape index (κ3) is 6.82. The molecule has 5 heteroatoms. The van der Waals surface area contributed by atoms with E-state index in [-0.39, 0.29) is 10.8 Å². The van der Waals surface area contributed by atoms with Crippen LogP contribution in [-0.4, -0.2) is 0 Å². The molecule has 0 unspecified atom stereocenters. The number of rotatable bonds is 6. The fraction of sp³-hybridized carbons (Fsp3) is 0.152. The number of furan rings is 3. The highest BCUT2D eigenvalue weighted by molar-refractivity contribution is 6.27. The zero-order chi connectivity index (χ0) is 48.5. The van der Waals surface area contributed by atoms with Gasteiger partial charge in [-0.1, -0.05) is 151 Å². The van der Waals surface area contributed by atoms with Crippen LogP contribution in [0.15, 0.2) is 195 Å². The zero-order valence-electron chi connectivity index (χ0n) is 41.4. The summed E-state index contributed by atoms with van der Waals surface area (Å²) in [6, 6.07) is 65.8. The lowest BCUT2D eigenvalue weighted by atomic mass is 9.86. The molecule has 0 atom stereocenters. The van der Waals surface area contributed by atoms with Crippen molar-refractivity contribution >= 4 is 121 Å². The van der Waals surface area contributed by atoms with E-state index in [0.717, 1.165) is 121 Å². The van der Waals surface area contributed by atoms with Crippen LogP contribution >= 0.6 is 0 Å². The molecule has 0 saturated heterocycles. The van der Waals surface area contributed by atoms with Gasteiger partial charge in [0, 0.05) is 66.2 Å². The fourth-order valence-electron chi connectivity index (χ4n) is 11.2. The average Bonchev–Trinajstić information content (AvgIpc) is 4.06. The van der Waals surface area contributed by atoms with E-state index in [1.807, 2.05) is 0 Å². The van der Waals surface area contributed by atoms with Gasteiger partial charge < -0.3 is 23.1 Å². The first kappa shape index (κ1) is 42.8. The number of hydrogen-bond acceptors (Lipinski definition) is 5. The molecule has 3 heterocycles. The summed E-state index contributed by atoms with van der Waals surface area (Å²) in [6.07, 6.45) is 0. The Morgan fingerprint density at radius 3 is 1.11 bits per heavy atom. The third-order valence-electron chi connectivity index (χ3n) is 14.5. The van der Waals surface area contributed by atoms with Crippen molar-refractivity contribution in [1.29, 1.82) is 0 Å².